The fourth-order valence-electron chi connectivity index (χ4n) is 7.02. The summed E-state index contributed by atoms with van der Waals surface area (Å²) in [5.74, 6) is 0.580. The minimum atomic E-state index is 0.463. The molecule has 3 spiro atoms. The van der Waals surface area contributed by atoms with Crippen LogP contribution in [0.3, 0.4) is 0 Å². The van der Waals surface area contributed by atoms with E-state index in [0.29, 0.717) is 22.0 Å². The van der Waals surface area contributed by atoms with Crippen LogP contribution in [0.1, 0.15) is 83.5 Å². The average molecular weight is 246 g/mol. The Bertz CT molecular complexity index is 370. The summed E-state index contributed by atoms with van der Waals surface area (Å²) in [7, 11) is 0. The van der Waals surface area contributed by atoms with E-state index in [1.165, 1.54) is 70.6 Å². The number of rotatable bonds is 0. The Morgan fingerprint density at radius 3 is 1.89 bits per heavy atom. The summed E-state index contributed by atoms with van der Waals surface area (Å²) in [6.45, 7) is 0. The van der Waals surface area contributed by atoms with Crippen LogP contribution in [0, 0.1) is 16.2 Å². The average Bonchev–Trinajstić information content (AvgIpc) is 3.08. The van der Waals surface area contributed by atoms with Crippen molar-refractivity contribution in [2.75, 3.05) is 0 Å². The molecule has 1 heteroatoms. The van der Waals surface area contributed by atoms with E-state index in [9.17, 15) is 4.79 Å². The van der Waals surface area contributed by atoms with E-state index in [0.717, 1.165) is 12.8 Å². The van der Waals surface area contributed by atoms with Gasteiger partial charge in [0.25, 0.3) is 0 Å². The molecule has 0 unspecified atom stereocenters. The lowest BCUT2D eigenvalue weighted by Crippen LogP contribution is -2.45. The summed E-state index contributed by atoms with van der Waals surface area (Å²) in [5, 5.41) is 0. The van der Waals surface area contributed by atoms with Crippen LogP contribution in [-0.4, -0.2) is 5.78 Å². The molecule has 1 nitrogen and oxygen atoms in total. The number of hydrogen-bond donors (Lipinski definition) is 0. The summed E-state index contributed by atoms with van der Waals surface area (Å²) in [5.41, 5.74) is 1.74. The summed E-state index contributed by atoms with van der Waals surface area (Å²) < 4.78 is 0. The molecule has 4 aliphatic rings. The van der Waals surface area contributed by atoms with Crippen molar-refractivity contribution in [2.45, 2.75) is 83.5 Å². The number of fused-ring (bicyclic) bond motifs is 2. The van der Waals surface area contributed by atoms with Gasteiger partial charge in [0.15, 0.2) is 0 Å². The molecule has 4 fully saturated rings. The van der Waals surface area contributed by atoms with Crippen LogP contribution in [0.2, 0.25) is 0 Å². The zero-order chi connectivity index (χ0) is 12.3. The van der Waals surface area contributed by atoms with Crippen molar-refractivity contribution in [3.8, 4) is 0 Å². The summed E-state index contributed by atoms with van der Waals surface area (Å²) in [6, 6.07) is 0. The van der Waals surface area contributed by atoms with E-state index in [-0.39, 0.29) is 0 Å². The summed E-state index contributed by atoms with van der Waals surface area (Å²) >= 11 is 0. The van der Waals surface area contributed by atoms with E-state index in [1.807, 2.05) is 0 Å². The van der Waals surface area contributed by atoms with Gasteiger partial charge in [-0.2, -0.15) is 0 Å². The minimum Gasteiger partial charge on any atom is -0.300 e. The molecular weight excluding hydrogens is 220 g/mol. The second kappa shape index (κ2) is 3.61. The van der Waals surface area contributed by atoms with Gasteiger partial charge in [-0.15, -0.1) is 0 Å². The first-order valence-corrected chi connectivity index (χ1v) is 8.24. The molecule has 18 heavy (non-hydrogen) atoms. The molecule has 4 rings (SSSR count). The van der Waals surface area contributed by atoms with E-state index in [2.05, 4.69) is 0 Å². The SMILES string of the molecule is O=C1CC[C@]2(CCC[C@]23CCCC32CCCC2)C1. The van der Waals surface area contributed by atoms with E-state index in [4.69, 9.17) is 0 Å². The van der Waals surface area contributed by atoms with Gasteiger partial charge in [0.1, 0.15) is 5.78 Å². The highest BCUT2D eigenvalue weighted by molar-refractivity contribution is 5.81. The normalized spacial score (nSPS) is 46.1. The lowest BCUT2D eigenvalue weighted by molar-refractivity contribution is -0.119. The first-order valence-electron chi connectivity index (χ1n) is 8.24. The maximum atomic E-state index is 11.9. The molecule has 0 aromatic rings. The third kappa shape index (κ3) is 1.17. The van der Waals surface area contributed by atoms with Gasteiger partial charge in [-0.25, -0.2) is 0 Å². The minimum absolute atomic E-state index is 0.463. The first-order chi connectivity index (χ1) is 8.72. The predicted molar refractivity (Wildman–Crippen MR) is 72.3 cm³/mol. The highest BCUT2D eigenvalue weighted by Crippen LogP contribution is 2.76. The van der Waals surface area contributed by atoms with E-state index in [1.54, 1.807) is 0 Å². The number of carbonyl (C=O) groups excluding carboxylic acids is 1. The topological polar surface area (TPSA) is 17.1 Å². The fraction of sp³-hybridized carbons (Fsp3) is 0.941. The van der Waals surface area contributed by atoms with Crippen LogP contribution < -0.4 is 0 Å². The quantitative estimate of drug-likeness (QED) is 0.608. The third-order valence-electron chi connectivity index (χ3n) is 7.53. The van der Waals surface area contributed by atoms with Gasteiger partial charge in [0, 0.05) is 12.8 Å². The smallest absolute Gasteiger partial charge is 0.133 e. The Hall–Kier alpha value is -0.330. The van der Waals surface area contributed by atoms with Gasteiger partial charge in [-0.05, 0) is 61.2 Å². The van der Waals surface area contributed by atoms with Crippen molar-refractivity contribution in [3.05, 3.63) is 0 Å². The van der Waals surface area contributed by atoms with Gasteiger partial charge in [0.2, 0.25) is 0 Å². The first kappa shape index (κ1) is 11.5. The zero-order valence-electron chi connectivity index (χ0n) is 11.6. The highest BCUT2D eigenvalue weighted by atomic mass is 16.1. The summed E-state index contributed by atoms with van der Waals surface area (Å²) in [6.07, 6.45) is 17.7. The Morgan fingerprint density at radius 1 is 0.667 bits per heavy atom. The number of ketones is 1. The molecule has 2 atom stereocenters. The maximum absolute atomic E-state index is 11.9. The van der Waals surface area contributed by atoms with Crippen LogP contribution in [0.25, 0.3) is 0 Å². The lowest BCUT2D eigenvalue weighted by atomic mass is 9.52. The molecule has 0 bridgehead atoms. The molecule has 0 amide bonds. The summed E-state index contributed by atoms with van der Waals surface area (Å²) in [4.78, 5) is 11.9. The Morgan fingerprint density at radius 2 is 1.28 bits per heavy atom. The number of Topliss-reactive ketones (excluding diaryl/α,β-unsaturated/α-hetero) is 1. The van der Waals surface area contributed by atoms with Crippen LogP contribution in [0.5, 0.6) is 0 Å². The van der Waals surface area contributed by atoms with Crippen molar-refractivity contribution in [1.82, 2.24) is 0 Å². The molecule has 0 radical (unpaired) electrons. The molecule has 100 valence electrons. The van der Waals surface area contributed by atoms with Crippen LogP contribution in [0.15, 0.2) is 0 Å². The van der Waals surface area contributed by atoms with Gasteiger partial charge >= 0.3 is 0 Å². The van der Waals surface area contributed by atoms with Crippen molar-refractivity contribution in [1.29, 1.82) is 0 Å². The molecule has 0 aliphatic heterocycles. The van der Waals surface area contributed by atoms with Gasteiger partial charge in [-0.1, -0.05) is 25.7 Å². The third-order valence-corrected chi connectivity index (χ3v) is 7.53. The van der Waals surface area contributed by atoms with Gasteiger partial charge in [0.05, 0.1) is 0 Å². The highest BCUT2D eigenvalue weighted by Gasteiger charge is 2.67. The lowest BCUT2D eigenvalue weighted by Gasteiger charge is -2.52. The van der Waals surface area contributed by atoms with E-state index < -0.39 is 0 Å². The van der Waals surface area contributed by atoms with Crippen LogP contribution in [-0.2, 0) is 4.79 Å². The van der Waals surface area contributed by atoms with Crippen molar-refractivity contribution < 1.29 is 4.79 Å². The number of carbonyl (C=O) groups is 1. The molecule has 0 saturated heterocycles. The standard InChI is InChI=1S/C17H26O/c18-14-5-12-16(13-14)9-4-11-17(16)10-3-8-15(17)6-1-2-7-15/h1-13H2/t16-,17+/m1/s1. The molecule has 0 N–H and O–H groups in total. The molecule has 0 aromatic carbocycles. The Balaban J connectivity index is 1.79. The Kier molecular flexibility index (Phi) is 2.31. The van der Waals surface area contributed by atoms with Crippen molar-refractivity contribution in [2.24, 2.45) is 16.2 Å². The molecular formula is C17H26O. The van der Waals surface area contributed by atoms with Gasteiger partial charge < -0.3 is 0 Å². The molecule has 0 aromatic heterocycles. The monoisotopic (exact) mass is 246 g/mol. The molecule has 4 aliphatic carbocycles. The second-order valence-corrected chi connectivity index (χ2v) is 7.77. The van der Waals surface area contributed by atoms with Crippen LogP contribution >= 0.6 is 0 Å². The fourth-order valence-corrected chi connectivity index (χ4v) is 7.02. The van der Waals surface area contributed by atoms with E-state index >= 15 is 0 Å². The van der Waals surface area contributed by atoms with Gasteiger partial charge in [-0.3, -0.25) is 4.79 Å². The maximum Gasteiger partial charge on any atom is 0.133 e. The number of hydrogen-bond acceptors (Lipinski definition) is 1. The molecule has 4 saturated carbocycles. The molecule has 0 heterocycles. The zero-order valence-corrected chi connectivity index (χ0v) is 11.6. The second-order valence-electron chi connectivity index (χ2n) is 7.77. The predicted octanol–water partition coefficient (Wildman–Crippen LogP) is 4.64. The van der Waals surface area contributed by atoms with Crippen LogP contribution in [0.4, 0.5) is 0 Å². The Labute approximate surface area is 111 Å². The largest absolute Gasteiger partial charge is 0.300 e. The van der Waals surface area contributed by atoms with Crippen molar-refractivity contribution in [3.63, 3.8) is 0 Å². The van der Waals surface area contributed by atoms with Crippen molar-refractivity contribution >= 4 is 5.78 Å².